The van der Waals surface area contributed by atoms with Crippen molar-refractivity contribution in [3.8, 4) is 0 Å². The van der Waals surface area contributed by atoms with E-state index in [1.807, 2.05) is 37.3 Å². The lowest BCUT2D eigenvalue weighted by atomic mass is 9.95. The first-order chi connectivity index (χ1) is 11.0. The summed E-state index contributed by atoms with van der Waals surface area (Å²) in [7, 11) is 3.14. The monoisotopic (exact) mass is 316 g/mol. The van der Waals surface area contributed by atoms with Crippen LogP contribution in [0.5, 0.6) is 0 Å². The fraction of sp³-hybridized carbons (Fsp3) is 0.444. The van der Waals surface area contributed by atoms with Gasteiger partial charge in [0.05, 0.1) is 6.61 Å². The molecule has 1 heterocycles. The number of carbonyl (C=O) groups excluding carboxylic acids is 2. The highest BCUT2D eigenvalue weighted by Gasteiger charge is 2.48. The lowest BCUT2D eigenvalue weighted by Crippen LogP contribution is -2.59. The van der Waals surface area contributed by atoms with E-state index >= 15 is 0 Å². The average molecular weight is 316 g/mol. The minimum Gasteiger partial charge on any atom is -0.382 e. The van der Waals surface area contributed by atoms with Crippen molar-refractivity contribution in [3.05, 3.63) is 42.0 Å². The van der Waals surface area contributed by atoms with Crippen molar-refractivity contribution >= 4 is 17.4 Å². The number of methoxy groups -OCH3 is 1. The van der Waals surface area contributed by atoms with Gasteiger partial charge < -0.3 is 15.0 Å². The number of ether oxygens (including phenoxy) is 1. The van der Waals surface area contributed by atoms with Crippen molar-refractivity contribution in [1.29, 1.82) is 0 Å². The third-order valence-corrected chi connectivity index (χ3v) is 4.36. The topological polar surface area (TPSA) is 58.6 Å². The maximum absolute atomic E-state index is 12.8. The van der Waals surface area contributed by atoms with Crippen LogP contribution in [0.25, 0.3) is 5.57 Å². The van der Waals surface area contributed by atoms with E-state index in [9.17, 15) is 9.59 Å². The van der Waals surface area contributed by atoms with Crippen molar-refractivity contribution in [2.24, 2.45) is 0 Å². The van der Waals surface area contributed by atoms with Crippen molar-refractivity contribution in [1.82, 2.24) is 10.2 Å². The normalized spacial score (nSPS) is 21.3. The lowest BCUT2D eigenvalue weighted by molar-refractivity contribution is -0.145. The number of nitrogens with zero attached hydrogens (tertiary/aromatic N) is 1. The minimum atomic E-state index is -0.909. The average Bonchev–Trinajstić information content (AvgIpc) is 3.00. The molecule has 0 spiro atoms. The molecule has 1 aromatic rings. The van der Waals surface area contributed by atoms with Crippen molar-refractivity contribution in [3.63, 3.8) is 0 Å². The second-order valence-corrected chi connectivity index (χ2v) is 5.83. The van der Waals surface area contributed by atoms with E-state index in [4.69, 9.17) is 4.74 Å². The van der Waals surface area contributed by atoms with Crippen LogP contribution >= 0.6 is 0 Å². The highest BCUT2D eigenvalue weighted by atomic mass is 16.5. The molecule has 23 heavy (non-hydrogen) atoms. The zero-order valence-electron chi connectivity index (χ0n) is 14.0. The number of hydrogen-bond acceptors (Lipinski definition) is 3. The molecule has 1 aliphatic rings. The molecule has 5 nitrogen and oxygen atoms in total. The van der Waals surface area contributed by atoms with Gasteiger partial charge in [0, 0.05) is 26.8 Å². The molecule has 1 atom stereocenters. The summed E-state index contributed by atoms with van der Waals surface area (Å²) in [5.41, 5.74) is 0.969. The highest BCUT2D eigenvalue weighted by molar-refractivity contribution is 5.99. The van der Waals surface area contributed by atoms with Crippen molar-refractivity contribution in [2.75, 3.05) is 27.3 Å². The first kappa shape index (κ1) is 17.2. The van der Waals surface area contributed by atoms with Gasteiger partial charge in [-0.15, -0.1) is 0 Å². The van der Waals surface area contributed by atoms with Crippen LogP contribution in [0.15, 0.2) is 36.4 Å². The number of allylic oxidation sites excluding steroid dienone is 1. The van der Waals surface area contributed by atoms with Crippen LogP contribution in [0.2, 0.25) is 0 Å². The molecule has 1 N–H and O–H groups in total. The summed E-state index contributed by atoms with van der Waals surface area (Å²) in [5.74, 6) is -0.319. The number of nitrogens with one attached hydrogen (secondary N) is 1. The lowest BCUT2D eigenvalue weighted by Gasteiger charge is -2.35. The van der Waals surface area contributed by atoms with Gasteiger partial charge >= 0.3 is 0 Å². The van der Waals surface area contributed by atoms with Gasteiger partial charge in [0.15, 0.2) is 0 Å². The molecule has 2 amide bonds. The van der Waals surface area contributed by atoms with Gasteiger partial charge in [0.25, 0.3) is 0 Å². The van der Waals surface area contributed by atoms with Gasteiger partial charge in [0.1, 0.15) is 5.54 Å². The Labute approximate surface area is 137 Å². The van der Waals surface area contributed by atoms with E-state index in [0.717, 1.165) is 17.6 Å². The molecule has 0 bridgehead atoms. The fourth-order valence-corrected chi connectivity index (χ4v) is 3.17. The molecule has 1 aliphatic heterocycles. The number of benzene rings is 1. The molecule has 2 rings (SSSR count). The van der Waals surface area contributed by atoms with Crippen LogP contribution < -0.4 is 5.32 Å². The number of amides is 2. The SMILES string of the molecule is CNC(=O)C1(COC)CCCN1C(=O)/C=C(\C)c1ccccc1. The van der Waals surface area contributed by atoms with E-state index in [1.54, 1.807) is 25.1 Å². The van der Waals surface area contributed by atoms with Crippen LogP contribution in [0.4, 0.5) is 0 Å². The van der Waals surface area contributed by atoms with Gasteiger partial charge in [0.2, 0.25) is 11.8 Å². The molecule has 5 heteroatoms. The molecule has 0 saturated carbocycles. The number of likely N-dealkylation sites (N-methyl/N-ethyl adjacent to an activating group) is 1. The van der Waals surface area contributed by atoms with Crippen LogP contribution in [0.1, 0.15) is 25.3 Å². The summed E-state index contributed by atoms with van der Waals surface area (Å²) in [4.78, 5) is 26.8. The molecule has 1 fully saturated rings. The van der Waals surface area contributed by atoms with Gasteiger partial charge in [-0.3, -0.25) is 9.59 Å². The maximum atomic E-state index is 12.8. The molecule has 1 aromatic carbocycles. The Hall–Kier alpha value is -2.14. The third kappa shape index (κ3) is 3.45. The zero-order chi connectivity index (χ0) is 16.9. The summed E-state index contributed by atoms with van der Waals surface area (Å²) in [6, 6.07) is 9.74. The zero-order valence-corrected chi connectivity index (χ0v) is 14.0. The summed E-state index contributed by atoms with van der Waals surface area (Å²) >= 11 is 0. The predicted octanol–water partition coefficient (Wildman–Crippen LogP) is 1.84. The van der Waals surface area contributed by atoms with E-state index in [0.29, 0.717) is 13.0 Å². The summed E-state index contributed by atoms with van der Waals surface area (Å²) in [6.45, 7) is 2.67. The van der Waals surface area contributed by atoms with Crippen molar-refractivity contribution in [2.45, 2.75) is 25.3 Å². The highest BCUT2D eigenvalue weighted by Crippen LogP contribution is 2.31. The molecule has 1 saturated heterocycles. The van der Waals surface area contributed by atoms with Gasteiger partial charge in [-0.1, -0.05) is 30.3 Å². The van der Waals surface area contributed by atoms with Crippen LogP contribution in [0.3, 0.4) is 0 Å². The van der Waals surface area contributed by atoms with E-state index < -0.39 is 5.54 Å². The van der Waals surface area contributed by atoms with Gasteiger partial charge in [-0.05, 0) is 30.9 Å². The second kappa shape index (κ2) is 7.42. The number of carbonyl (C=O) groups is 2. The van der Waals surface area contributed by atoms with Gasteiger partial charge in [-0.25, -0.2) is 0 Å². The molecular formula is C18H24N2O3. The Kier molecular flexibility index (Phi) is 5.55. The van der Waals surface area contributed by atoms with E-state index in [2.05, 4.69) is 5.32 Å². The predicted molar refractivity (Wildman–Crippen MR) is 89.7 cm³/mol. The first-order valence-electron chi connectivity index (χ1n) is 7.81. The Morgan fingerprint density at radius 1 is 1.35 bits per heavy atom. The molecule has 0 radical (unpaired) electrons. The molecule has 0 aromatic heterocycles. The number of rotatable bonds is 5. The minimum absolute atomic E-state index is 0.149. The Morgan fingerprint density at radius 2 is 2.04 bits per heavy atom. The summed E-state index contributed by atoms with van der Waals surface area (Å²) in [5, 5.41) is 2.67. The first-order valence-corrected chi connectivity index (χ1v) is 7.81. The standard InChI is InChI=1S/C18H24N2O3/c1-14(15-8-5-4-6-9-15)12-16(21)20-11-7-10-18(20,13-23-3)17(22)19-2/h4-6,8-9,12H,7,10-11,13H2,1-3H3,(H,19,22)/b14-12+. The number of likely N-dealkylation sites (tertiary alicyclic amines) is 1. The van der Waals surface area contributed by atoms with Crippen LogP contribution in [-0.2, 0) is 14.3 Å². The molecule has 124 valence electrons. The summed E-state index contributed by atoms with van der Waals surface area (Å²) in [6.07, 6.45) is 3.01. The molecule has 1 unspecified atom stereocenters. The Balaban J connectivity index is 2.28. The third-order valence-electron chi connectivity index (χ3n) is 4.36. The van der Waals surface area contributed by atoms with Crippen molar-refractivity contribution < 1.29 is 14.3 Å². The maximum Gasteiger partial charge on any atom is 0.248 e. The Bertz CT molecular complexity index is 598. The molecular weight excluding hydrogens is 292 g/mol. The molecule has 0 aliphatic carbocycles. The quantitative estimate of drug-likeness (QED) is 0.843. The smallest absolute Gasteiger partial charge is 0.248 e. The van der Waals surface area contributed by atoms with Gasteiger partial charge in [-0.2, -0.15) is 0 Å². The van der Waals surface area contributed by atoms with E-state index in [-0.39, 0.29) is 18.4 Å². The number of hydrogen-bond donors (Lipinski definition) is 1. The Morgan fingerprint density at radius 3 is 2.65 bits per heavy atom. The largest absolute Gasteiger partial charge is 0.382 e. The van der Waals surface area contributed by atoms with Crippen LogP contribution in [-0.4, -0.2) is 49.6 Å². The van der Waals surface area contributed by atoms with E-state index in [1.165, 1.54) is 0 Å². The summed E-state index contributed by atoms with van der Waals surface area (Å²) < 4.78 is 5.25. The fourth-order valence-electron chi connectivity index (χ4n) is 3.17. The second-order valence-electron chi connectivity index (χ2n) is 5.83. The van der Waals surface area contributed by atoms with Crippen LogP contribution in [0, 0.1) is 0 Å².